The van der Waals surface area contributed by atoms with E-state index in [9.17, 15) is 0 Å². The van der Waals surface area contributed by atoms with E-state index in [-0.39, 0.29) is 12.3 Å². The molecule has 0 aliphatic rings. The van der Waals surface area contributed by atoms with E-state index in [2.05, 4.69) is 4.98 Å². The van der Waals surface area contributed by atoms with Crippen molar-refractivity contribution >= 4 is 0 Å². The summed E-state index contributed by atoms with van der Waals surface area (Å²) < 4.78 is 14.1. The van der Waals surface area contributed by atoms with Crippen LogP contribution in [-0.2, 0) is 0 Å². The van der Waals surface area contributed by atoms with Crippen LogP contribution in [-0.4, -0.2) is 4.98 Å². The number of pyridine rings is 1. The van der Waals surface area contributed by atoms with Gasteiger partial charge in [-0.2, -0.15) is 0 Å². The molecule has 0 aliphatic carbocycles. The predicted molar refractivity (Wildman–Crippen MR) is 29.0 cm³/mol. The van der Waals surface area contributed by atoms with E-state index in [0.717, 1.165) is 5.56 Å². The highest BCUT2D eigenvalue weighted by Gasteiger charge is 1.73. The van der Waals surface area contributed by atoms with E-state index in [1.165, 1.54) is 0 Å². The number of hydrogen-bond donors (Lipinski definition) is 0. The maximum absolute atomic E-state index is 7.13. The van der Waals surface area contributed by atoms with Crippen molar-refractivity contribution in [3.63, 3.8) is 0 Å². The molecule has 0 N–H and O–H groups in total. The maximum Gasteiger partial charge on any atom is 0.0843 e. The molecule has 0 saturated carbocycles. The molecule has 36 valence electrons. The fraction of sp³-hybridized carbons (Fsp3) is 0.167. The van der Waals surface area contributed by atoms with Gasteiger partial charge in [0.1, 0.15) is 0 Å². The fourth-order valence-corrected chi connectivity index (χ4v) is 0.357. The van der Waals surface area contributed by atoms with Gasteiger partial charge in [-0.05, 0) is 18.6 Å². The summed E-state index contributed by atoms with van der Waals surface area (Å²) in [5.74, 6) is 0. The Kier molecular flexibility index (Phi) is 0.609. The van der Waals surface area contributed by atoms with Gasteiger partial charge in [0.25, 0.3) is 0 Å². The Hall–Kier alpha value is -0.850. The minimum atomic E-state index is 0.158. The monoisotopic (exact) mass is 95.1 g/mol. The van der Waals surface area contributed by atoms with Crippen LogP contribution in [0, 0.1) is 6.92 Å². The molecule has 0 aromatic carbocycles. The highest BCUT2D eigenvalue weighted by molar-refractivity contribution is 5.04. The van der Waals surface area contributed by atoms with Crippen LogP contribution >= 0.6 is 0 Å². The largest absolute Gasteiger partial charge is 0.264 e. The van der Waals surface area contributed by atoms with E-state index in [1.54, 1.807) is 19.1 Å². The standard InChI is InChI=1S/C6H7N/c1-6-3-2-4-7-5-6/h2-5H,1H3/i4D,5D. The van der Waals surface area contributed by atoms with Gasteiger partial charge >= 0.3 is 0 Å². The number of nitrogens with zero attached hydrogens (tertiary/aromatic N) is 1. The molecule has 0 aliphatic heterocycles. The first kappa shape index (κ1) is 2.46. The lowest BCUT2D eigenvalue weighted by Crippen LogP contribution is -1.69. The third kappa shape index (κ3) is 1.000. The molecule has 0 bridgehead atoms. The van der Waals surface area contributed by atoms with Crippen molar-refractivity contribution in [2.24, 2.45) is 0 Å². The van der Waals surface area contributed by atoms with Crippen LogP contribution in [0.3, 0.4) is 0 Å². The van der Waals surface area contributed by atoms with Gasteiger partial charge in [0.2, 0.25) is 0 Å². The fourth-order valence-electron chi connectivity index (χ4n) is 0.357. The van der Waals surface area contributed by atoms with Crippen molar-refractivity contribution in [1.29, 1.82) is 0 Å². The summed E-state index contributed by atoms with van der Waals surface area (Å²) >= 11 is 0. The maximum atomic E-state index is 7.13. The van der Waals surface area contributed by atoms with Gasteiger partial charge in [-0.15, -0.1) is 0 Å². The predicted octanol–water partition coefficient (Wildman–Crippen LogP) is 1.39. The van der Waals surface area contributed by atoms with Gasteiger partial charge in [0.15, 0.2) is 0 Å². The summed E-state index contributed by atoms with van der Waals surface area (Å²) in [6.07, 6.45) is 0.355. The molecular weight excluding hydrogens is 86.1 g/mol. The van der Waals surface area contributed by atoms with Crippen molar-refractivity contribution in [1.82, 2.24) is 4.98 Å². The molecule has 0 fully saturated rings. The summed E-state index contributed by atoms with van der Waals surface area (Å²) in [7, 11) is 0. The molecular formula is C6H7N. The normalized spacial score (nSPS) is 12.7. The van der Waals surface area contributed by atoms with Gasteiger partial charge in [0, 0.05) is 12.3 Å². The van der Waals surface area contributed by atoms with E-state index in [1.807, 2.05) is 0 Å². The first-order chi connectivity index (χ1) is 4.20. The second-order valence-electron chi connectivity index (χ2n) is 1.37. The van der Waals surface area contributed by atoms with Crippen molar-refractivity contribution < 1.29 is 2.74 Å². The Bertz CT molecular complexity index is 222. The Balaban J connectivity index is 3.17. The van der Waals surface area contributed by atoms with E-state index < -0.39 is 0 Å². The van der Waals surface area contributed by atoms with Crippen molar-refractivity contribution in [3.05, 3.63) is 30.0 Å². The molecule has 0 radical (unpaired) electrons. The van der Waals surface area contributed by atoms with Crippen molar-refractivity contribution in [3.8, 4) is 0 Å². The van der Waals surface area contributed by atoms with Gasteiger partial charge in [-0.1, -0.05) is 6.07 Å². The molecule has 0 spiro atoms. The molecule has 0 unspecified atom stereocenters. The van der Waals surface area contributed by atoms with E-state index in [0.29, 0.717) is 0 Å². The zero-order chi connectivity index (χ0) is 6.85. The van der Waals surface area contributed by atoms with Crippen molar-refractivity contribution in [2.75, 3.05) is 0 Å². The molecule has 1 nitrogen and oxygen atoms in total. The number of rotatable bonds is 0. The van der Waals surface area contributed by atoms with Gasteiger partial charge in [0.05, 0.1) is 2.74 Å². The summed E-state index contributed by atoms with van der Waals surface area (Å²) in [5.41, 5.74) is 0.811. The minimum Gasteiger partial charge on any atom is -0.264 e. The highest BCUT2D eigenvalue weighted by Crippen LogP contribution is 1.88. The lowest BCUT2D eigenvalue weighted by molar-refractivity contribution is 1.27. The zero-order valence-electron chi connectivity index (χ0n) is 6.10. The van der Waals surface area contributed by atoms with Crippen LogP contribution in [0.1, 0.15) is 8.30 Å². The van der Waals surface area contributed by atoms with Gasteiger partial charge < -0.3 is 0 Å². The second kappa shape index (κ2) is 1.73. The van der Waals surface area contributed by atoms with Gasteiger partial charge in [-0.3, -0.25) is 4.98 Å². The van der Waals surface area contributed by atoms with Gasteiger partial charge in [-0.25, -0.2) is 0 Å². The third-order valence-electron chi connectivity index (χ3n) is 0.705. The Morgan fingerprint density at radius 3 is 3.29 bits per heavy atom. The lowest BCUT2D eigenvalue weighted by atomic mass is 10.3. The molecule has 1 aromatic heterocycles. The molecule has 0 atom stereocenters. The number of aryl methyl sites for hydroxylation is 1. The summed E-state index contributed by atoms with van der Waals surface area (Å²) in [4.78, 5) is 3.61. The lowest BCUT2D eigenvalue weighted by Gasteiger charge is -1.82. The van der Waals surface area contributed by atoms with Crippen LogP contribution in [0.25, 0.3) is 0 Å². The SMILES string of the molecule is [2H]c1ccc(C)c([2H])n1. The quantitative estimate of drug-likeness (QED) is 0.474. The molecule has 0 amide bonds. The summed E-state index contributed by atoms with van der Waals surface area (Å²) in [5, 5.41) is 0. The Morgan fingerprint density at radius 2 is 2.71 bits per heavy atom. The topological polar surface area (TPSA) is 12.9 Å². The smallest absolute Gasteiger partial charge is 0.0843 e. The average molecular weight is 95.1 g/mol. The third-order valence-corrected chi connectivity index (χ3v) is 0.705. The van der Waals surface area contributed by atoms with Crippen LogP contribution < -0.4 is 0 Å². The van der Waals surface area contributed by atoms with Crippen LogP contribution in [0.4, 0.5) is 0 Å². The minimum absolute atomic E-state index is 0.158. The van der Waals surface area contributed by atoms with E-state index >= 15 is 0 Å². The number of aromatic nitrogens is 1. The summed E-state index contributed by atoms with van der Waals surface area (Å²) in [6, 6.07) is 3.30. The highest BCUT2D eigenvalue weighted by atomic mass is 14.6. The summed E-state index contributed by atoms with van der Waals surface area (Å²) in [6.45, 7) is 1.80. The van der Waals surface area contributed by atoms with Crippen LogP contribution in [0.2, 0.25) is 0 Å². The van der Waals surface area contributed by atoms with Crippen molar-refractivity contribution in [2.45, 2.75) is 6.92 Å². The molecule has 1 heterocycles. The van der Waals surface area contributed by atoms with E-state index in [4.69, 9.17) is 2.74 Å². The van der Waals surface area contributed by atoms with Crippen LogP contribution in [0.15, 0.2) is 24.5 Å². The first-order valence-corrected chi connectivity index (χ1v) is 2.11. The average Bonchev–Trinajstić information content (AvgIpc) is 1.80. The molecule has 0 saturated heterocycles. The van der Waals surface area contributed by atoms with Crippen LogP contribution in [0.5, 0.6) is 0 Å². The Morgan fingerprint density at radius 1 is 1.86 bits per heavy atom. The molecule has 1 heteroatoms. The number of hydrogen-bond acceptors (Lipinski definition) is 1. The Labute approximate surface area is 45.8 Å². The zero-order valence-corrected chi connectivity index (χ0v) is 4.10. The second-order valence-corrected chi connectivity index (χ2v) is 1.37. The molecule has 1 aromatic rings. The first-order valence-electron chi connectivity index (χ1n) is 3.11. The molecule has 1 rings (SSSR count). The molecule has 7 heavy (non-hydrogen) atoms.